The van der Waals surface area contributed by atoms with Crippen LogP contribution in [0, 0.1) is 6.92 Å². The molecule has 2 rings (SSSR count). The molecule has 4 nitrogen and oxygen atoms in total. The lowest BCUT2D eigenvalue weighted by atomic mass is 10.2. The maximum Gasteiger partial charge on any atom is 0.273 e. The third-order valence-electron chi connectivity index (χ3n) is 2.01. The van der Waals surface area contributed by atoms with Crippen molar-refractivity contribution in [1.29, 1.82) is 0 Å². The van der Waals surface area contributed by atoms with Crippen molar-refractivity contribution in [2.45, 2.75) is 6.92 Å². The summed E-state index contributed by atoms with van der Waals surface area (Å²) in [7, 11) is 1.76. The summed E-state index contributed by atoms with van der Waals surface area (Å²) in [6.07, 6.45) is 0. The van der Waals surface area contributed by atoms with Gasteiger partial charge in [-0.05, 0) is 6.92 Å². The van der Waals surface area contributed by atoms with Gasteiger partial charge in [-0.15, -0.1) is 0 Å². The van der Waals surface area contributed by atoms with Gasteiger partial charge in [-0.3, -0.25) is 14.6 Å². The fourth-order valence-electron chi connectivity index (χ4n) is 1.43. The highest BCUT2D eigenvalue weighted by molar-refractivity contribution is 6.30. The standard InChI is InChI=1S/C8H8ClN3O/c1-4-7-5(3-6(9)10-4)12(2)11-8(7)13/h3H,1-2H3,(H,11,13). The van der Waals surface area contributed by atoms with Gasteiger partial charge in [-0.1, -0.05) is 11.6 Å². The SMILES string of the molecule is Cc1nc(Cl)cc2c1c(=O)[nH]n2C. The highest BCUT2D eigenvalue weighted by atomic mass is 35.5. The van der Waals surface area contributed by atoms with Gasteiger partial charge >= 0.3 is 0 Å². The highest BCUT2D eigenvalue weighted by Gasteiger charge is 2.08. The van der Waals surface area contributed by atoms with Gasteiger partial charge in [0.15, 0.2) is 0 Å². The van der Waals surface area contributed by atoms with Crippen molar-refractivity contribution in [2.24, 2.45) is 7.05 Å². The van der Waals surface area contributed by atoms with Crippen LogP contribution in [0.4, 0.5) is 0 Å². The summed E-state index contributed by atoms with van der Waals surface area (Å²) < 4.78 is 1.64. The summed E-state index contributed by atoms with van der Waals surface area (Å²) >= 11 is 5.76. The van der Waals surface area contributed by atoms with Gasteiger partial charge in [0.1, 0.15) is 5.15 Å². The Bertz CT molecular complexity index is 526. The Hall–Kier alpha value is -1.29. The second kappa shape index (κ2) is 2.60. The summed E-state index contributed by atoms with van der Waals surface area (Å²) in [5.74, 6) is 0. The van der Waals surface area contributed by atoms with Gasteiger partial charge in [0, 0.05) is 13.1 Å². The quantitative estimate of drug-likeness (QED) is 0.646. The van der Waals surface area contributed by atoms with Crippen LogP contribution in [0.2, 0.25) is 5.15 Å². The van der Waals surface area contributed by atoms with Crippen molar-refractivity contribution in [3.05, 3.63) is 27.3 Å². The second-order valence-corrected chi connectivity index (χ2v) is 3.31. The lowest BCUT2D eigenvalue weighted by molar-refractivity contribution is 0.783. The molecule has 0 aliphatic rings. The summed E-state index contributed by atoms with van der Waals surface area (Å²) in [5, 5.41) is 3.65. The van der Waals surface area contributed by atoms with Crippen LogP contribution in [-0.4, -0.2) is 14.8 Å². The number of aromatic nitrogens is 3. The van der Waals surface area contributed by atoms with Gasteiger partial charge in [0.25, 0.3) is 5.56 Å². The molecule has 0 fully saturated rings. The van der Waals surface area contributed by atoms with Crippen LogP contribution >= 0.6 is 11.6 Å². The Morgan fingerprint density at radius 3 is 3.00 bits per heavy atom. The molecule has 0 amide bonds. The van der Waals surface area contributed by atoms with Crippen LogP contribution in [0.1, 0.15) is 5.69 Å². The number of aryl methyl sites for hydroxylation is 2. The molecular formula is C8H8ClN3O. The minimum atomic E-state index is -0.126. The Labute approximate surface area is 79.1 Å². The van der Waals surface area contributed by atoms with E-state index in [0.717, 1.165) is 5.52 Å². The molecule has 1 N–H and O–H groups in total. The number of aromatic amines is 1. The van der Waals surface area contributed by atoms with E-state index in [1.54, 1.807) is 24.7 Å². The van der Waals surface area contributed by atoms with Gasteiger partial charge in [-0.25, -0.2) is 4.98 Å². The van der Waals surface area contributed by atoms with E-state index in [2.05, 4.69) is 10.1 Å². The van der Waals surface area contributed by atoms with E-state index in [4.69, 9.17) is 11.6 Å². The fraction of sp³-hybridized carbons (Fsp3) is 0.250. The largest absolute Gasteiger partial charge is 0.287 e. The molecule has 0 saturated heterocycles. The van der Waals surface area contributed by atoms with Crippen molar-refractivity contribution in [3.63, 3.8) is 0 Å². The van der Waals surface area contributed by atoms with E-state index in [1.165, 1.54) is 0 Å². The molecule has 0 aliphatic carbocycles. The number of rotatable bonds is 0. The number of fused-ring (bicyclic) bond motifs is 1. The molecule has 0 bridgehead atoms. The summed E-state index contributed by atoms with van der Waals surface area (Å²) in [4.78, 5) is 15.4. The van der Waals surface area contributed by atoms with E-state index in [0.29, 0.717) is 16.2 Å². The Morgan fingerprint density at radius 1 is 1.62 bits per heavy atom. The average Bonchev–Trinajstić information content (AvgIpc) is 2.27. The van der Waals surface area contributed by atoms with E-state index in [1.807, 2.05) is 0 Å². The van der Waals surface area contributed by atoms with Crippen molar-refractivity contribution in [3.8, 4) is 0 Å². The van der Waals surface area contributed by atoms with Crippen LogP contribution in [0.5, 0.6) is 0 Å². The number of nitrogens with zero attached hydrogens (tertiary/aromatic N) is 2. The molecule has 0 atom stereocenters. The van der Waals surface area contributed by atoms with E-state index < -0.39 is 0 Å². The number of nitrogens with one attached hydrogen (secondary N) is 1. The number of halogens is 1. The zero-order valence-electron chi connectivity index (χ0n) is 7.26. The van der Waals surface area contributed by atoms with Crippen molar-refractivity contribution < 1.29 is 0 Å². The summed E-state index contributed by atoms with van der Waals surface area (Å²) in [5.41, 5.74) is 1.31. The first-order valence-electron chi connectivity index (χ1n) is 3.81. The zero-order chi connectivity index (χ0) is 9.59. The molecule has 0 aromatic carbocycles. The third kappa shape index (κ3) is 1.14. The normalized spacial score (nSPS) is 11.0. The van der Waals surface area contributed by atoms with E-state index in [-0.39, 0.29) is 5.56 Å². The number of hydrogen-bond donors (Lipinski definition) is 1. The lowest BCUT2D eigenvalue weighted by Crippen LogP contribution is -2.02. The van der Waals surface area contributed by atoms with Crippen LogP contribution in [0.25, 0.3) is 10.9 Å². The van der Waals surface area contributed by atoms with Crippen LogP contribution < -0.4 is 5.56 Å². The number of pyridine rings is 1. The molecule has 0 radical (unpaired) electrons. The average molecular weight is 198 g/mol. The maximum absolute atomic E-state index is 11.4. The highest BCUT2D eigenvalue weighted by Crippen LogP contribution is 2.16. The molecular weight excluding hydrogens is 190 g/mol. The van der Waals surface area contributed by atoms with Crippen molar-refractivity contribution in [2.75, 3.05) is 0 Å². The molecule has 2 aromatic rings. The Balaban J connectivity index is 3.06. The molecule has 5 heteroatoms. The lowest BCUT2D eigenvalue weighted by Gasteiger charge is -1.97. The first kappa shape index (κ1) is 8.31. The van der Waals surface area contributed by atoms with E-state index >= 15 is 0 Å². The number of H-pyrrole nitrogens is 1. The fourth-order valence-corrected chi connectivity index (χ4v) is 1.66. The molecule has 13 heavy (non-hydrogen) atoms. The predicted octanol–water partition coefficient (Wildman–Crippen LogP) is 1.22. The summed E-state index contributed by atoms with van der Waals surface area (Å²) in [6.45, 7) is 1.77. The number of hydrogen-bond acceptors (Lipinski definition) is 2. The first-order chi connectivity index (χ1) is 6.09. The Morgan fingerprint density at radius 2 is 2.31 bits per heavy atom. The monoisotopic (exact) mass is 197 g/mol. The molecule has 68 valence electrons. The Kier molecular flexibility index (Phi) is 1.66. The summed E-state index contributed by atoms with van der Waals surface area (Å²) in [6, 6.07) is 1.67. The molecule has 0 aliphatic heterocycles. The van der Waals surface area contributed by atoms with E-state index in [9.17, 15) is 4.79 Å². The molecule has 0 spiro atoms. The van der Waals surface area contributed by atoms with Crippen LogP contribution in [-0.2, 0) is 7.05 Å². The predicted molar refractivity (Wildman–Crippen MR) is 51.1 cm³/mol. The third-order valence-corrected chi connectivity index (χ3v) is 2.20. The van der Waals surface area contributed by atoms with Gasteiger partial charge < -0.3 is 0 Å². The maximum atomic E-state index is 11.4. The van der Waals surface area contributed by atoms with Crippen molar-refractivity contribution in [1.82, 2.24) is 14.8 Å². The zero-order valence-corrected chi connectivity index (χ0v) is 8.01. The molecule has 2 heterocycles. The van der Waals surface area contributed by atoms with Gasteiger partial charge in [0.2, 0.25) is 0 Å². The molecule has 0 unspecified atom stereocenters. The molecule has 2 aromatic heterocycles. The first-order valence-corrected chi connectivity index (χ1v) is 4.19. The van der Waals surface area contributed by atoms with Crippen molar-refractivity contribution >= 4 is 22.5 Å². The minimum absolute atomic E-state index is 0.126. The molecule has 0 saturated carbocycles. The van der Waals surface area contributed by atoms with Crippen LogP contribution in [0.15, 0.2) is 10.9 Å². The van der Waals surface area contributed by atoms with Crippen LogP contribution in [0.3, 0.4) is 0 Å². The second-order valence-electron chi connectivity index (χ2n) is 2.92. The smallest absolute Gasteiger partial charge is 0.273 e. The minimum Gasteiger partial charge on any atom is -0.287 e. The topological polar surface area (TPSA) is 50.7 Å². The van der Waals surface area contributed by atoms with Gasteiger partial charge in [0.05, 0.1) is 16.6 Å². The van der Waals surface area contributed by atoms with Gasteiger partial charge in [-0.2, -0.15) is 0 Å².